The van der Waals surface area contributed by atoms with Crippen LogP contribution in [0.1, 0.15) is 57.4 Å². The van der Waals surface area contributed by atoms with Crippen molar-refractivity contribution in [3.63, 3.8) is 0 Å². The van der Waals surface area contributed by atoms with Crippen LogP contribution in [-0.4, -0.2) is 36.4 Å². The zero-order chi connectivity index (χ0) is 17.0. The fourth-order valence-corrected chi connectivity index (χ4v) is 4.74. The Hall–Kier alpha value is -1.40. The molecule has 128 valence electrons. The molecule has 23 heavy (non-hydrogen) atoms. The van der Waals surface area contributed by atoms with E-state index in [1.54, 1.807) is 12.1 Å². The summed E-state index contributed by atoms with van der Waals surface area (Å²) in [6, 6.07) is 6.85. The van der Waals surface area contributed by atoms with Gasteiger partial charge in [0.1, 0.15) is 0 Å². The molecule has 0 heterocycles. The molecule has 1 fully saturated rings. The summed E-state index contributed by atoms with van der Waals surface area (Å²) in [4.78, 5) is 11.1. The van der Waals surface area contributed by atoms with E-state index in [-0.39, 0.29) is 23.9 Å². The Morgan fingerprint density at radius 3 is 2.26 bits per heavy atom. The molecule has 0 radical (unpaired) electrons. The second-order valence-corrected chi connectivity index (χ2v) is 8.31. The molecule has 0 atom stereocenters. The van der Waals surface area contributed by atoms with Crippen LogP contribution >= 0.6 is 0 Å². The standard InChI is InChI=1S/C17H25NO4S/c1-13(2)14-7-9-16(10-8-14)23(21,22)18(12-11-17(19)20)15-5-3-4-6-15/h7-10,13,15H,3-6,11-12H2,1-2H3,(H,19,20). The summed E-state index contributed by atoms with van der Waals surface area (Å²) in [6.45, 7) is 4.15. The van der Waals surface area contributed by atoms with E-state index in [1.165, 1.54) is 4.31 Å². The van der Waals surface area contributed by atoms with Crippen LogP contribution in [0.25, 0.3) is 0 Å². The monoisotopic (exact) mass is 339 g/mol. The molecule has 0 bridgehead atoms. The number of rotatable bonds is 7. The first kappa shape index (κ1) is 17.9. The van der Waals surface area contributed by atoms with Gasteiger partial charge in [-0.1, -0.05) is 38.8 Å². The number of hydrogen-bond acceptors (Lipinski definition) is 3. The van der Waals surface area contributed by atoms with Gasteiger partial charge in [-0.05, 0) is 36.5 Å². The van der Waals surface area contributed by atoms with Gasteiger partial charge in [-0.25, -0.2) is 8.42 Å². The van der Waals surface area contributed by atoms with Crippen molar-refractivity contribution in [1.82, 2.24) is 4.31 Å². The van der Waals surface area contributed by atoms with Crippen LogP contribution in [0.4, 0.5) is 0 Å². The Morgan fingerprint density at radius 1 is 1.22 bits per heavy atom. The van der Waals surface area contributed by atoms with Crippen LogP contribution in [0.15, 0.2) is 29.2 Å². The lowest BCUT2D eigenvalue weighted by atomic mass is 10.0. The zero-order valence-electron chi connectivity index (χ0n) is 13.7. The second kappa shape index (κ2) is 7.45. The molecule has 0 aliphatic heterocycles. The maximum atomic E-state index is 12.9. The molecule has 2 rings (SSSR count). The molecule has 0 spiro atoms. The second-order valence-electron chi connectivity index (χ2n) is 6.42. The average Bonchev–Trinajstić information content (AvgIpc) is 3.01. The molecular weight excluding hydrogens is 314 g/mol. The van der Waals surface area contributed by atoms with Crippen LogP contribution in [0.3, 0.4) is 0 Å². The van der Waals surface area contributed by atoms with Crippen LogP contribution < -0.4 is 0 Å². The van der Waals surface area contributed by atoms with Crippen molar-refractivity contribution in [2.24, 2.45) is 0 Å². The molecule has 1 aromatic rings. The van der Waals surface area contributed by atoms with Crippen molar-refractivity contribution in [3.8, 4) is 0 Å². The van der Waals surface area contributed by atoms with Crippen LogP contribution in [-0.2, 0) is 14.8 Å². The molecule has 0 aromatic heterocycles. The van der Waals surface area contributed by atoms with Crippen molar-refractivity contribution in [1.29, 1.82) is 0 Å². The lowest BCUT2D eigenvalue weighted by Crippen LogP contribution is -2.40. The summed E-state index contributed by atoms with van der Waals surface area (Å²) in [5.41, 5.74) is 1.09. The van der Waals surface area contributed by atoms with Gasteiger partial charge in [-0.2, -0.15) is 4.31 Å². The van der Waals surface area contributed by atoms with E-state index in [4.69, 9.17) is 5.11 Å². The number of aliphatic carboxylic acids is 1. The first-order chi connectivity index (χ1) is 10.8. The third-order valence-corrected chi connectivity index (χ3v) is 6.40. The smallest absolute Gasteiger partial charge is 0.304 e. The molecule has 1 aliphatic carbocycles. The van der Waals surface area contributed by atoms with E-state index in [0.717, 1.165) is 31.2 Å². The van der Waals surface area contributed by atoms with Gasteiger partial charge >= 0.3 is 5.97 Å². The molecule has 1 aromatic carbocycles. The minimum atomic E-state index is -3.65. The SMILES string of the molecule is CC(C)c1ccc(S(=O)(=O)N(CCC(=O)O)C2CCCC2)cc1. The Bertz CT molecular complexity index is 631. The maximum absolute atomic E-state index is 12.9. The summed E-state index contributed by atoms with van der Waals surface area (Å²) in [5, 5.41) is 8.92. The molecular formula is C17H25NO4S. The van der Waals surface area contributed by atoms with Crippen molar-refractivity contribution in [3.05, 3.63) is 29.8 Å². The highest BCUT2D eigenvalue weighted by molar-refractivity contribution is 7.89. The summed E-state index contributed by atoms with van der Waals surface area (Å²) in [7, 11) is -3.65. The molecule has 1 saturated carbocycles. The number of carboxylic acid groups (broad SMARTS) is 1. The Kier molecular flexibility index (Phi) is 5.81. The Morgan fingerprint density at radius 2 is 1.78 bits per heavy atom. The van der Waals surface area contributed by atoms with Gasteiger partial charge < -0.3 is 5.11 Å². The highest BCUT2D eigenvalue weighted by Gasteiger charge is 2.33. The molecule has 1 N–H and O–H groups in total. The summed E-state index contributed by atoms with van der Waals surface area (Å²) >= 11 is 0. The largest absolute Gasteiger partial charge is 0.481 e. The first-order valence-electron chi connectivity index (χ1n) is 8.16. The van der Waals surface area contributed by atoms with Crippen molar-refractivity contribution in [2.45, 2.75) is 62.8 Å². The predicted molar refractivity (Wildman–Crippen MR) is 88.9 cm³/mol. The van der Waals surface area contributed by atoms with E-state index >= 15 is 0 Å². The average molecular weight is 339 g/mol. The van der Waals surface area contributed by atoms with Crippen LogP contribution in [0, 0.1) is 0 Å². The highest BCUT2D eigenvalue weighted by Crippen LogP contribution is 2.29. The fourth-order valence-electron chi connectivity index (χ4n) is 3.06. The lowest BCUT2D eigenvalue weighted by Gasteiger charge is -2.27. The Balaban J connectivity index is 2.28. The van der Waals surface area contributed by atoms with Gasteiger partial charge in [-0.3, -0.25) is 4.79 Å². The zero-order valence-corrected chi connectivity index (χ0v) is 14.6. The van der Waals surface area contributed by atoms with Crippen molar-refractivity contribution < 1.29 is 18.3 Å². The molecule has 1 aliphatic rings. The normalized spacial score (nSPS) is 16.3. The minimum Gasteiger partial charge on any atom is -0.481 e. The maximum Gasteiger partial charge on any atom is 0.304 e. The number of benzene rings is 1. The number of hydrogen-bond donors (Lipinski definition) is 1. The molecule has 0 amide bonds. The molecule has 0 saturated heterocycles. The van der Waals surface area contributed by atoms with E-state index in [0.29, 0.717) is 5.92 Å². The van der Waals surface area contributed by atoms with Gasteiger partial charge in [0.05, 0.1) is 11.3 Å². The van der Waals surface area contributed by atoms with Crippen molar-refractivity contribution in [2.75, 3.05) is 6.54 Å². The number of carboxylic acids is 1. The van der Waals surface area contributed by atoms with E-state index in [1.807, 2.05) is 12.1 Å². The third kappa shape index (κ3) is 4.32. The third-order valence-electron chi connectivity index (χ3n) is 4.43. The van der Waals surface area contributed by atoms with Crippen molar-refractivity contribution >= 4 is 16.0 Å². The van der Waals surface area contributed by atoms with Gasteiger partial charge in [0.2, 0.25) is 10.0 Å². The molecule has 5 nitrogen and oxygen atoms in total. The Labute approximate surface area is 138 Å². The van der Waals surface area contributed by atoms with Gasteiger partial charge in [0, 0.05) is 12.6 Å². The lowest BCUT2D eigenvalue weighted by molar-refractivity contribution is -0.137. The van der Waals surface area contributed by atoms with Gasteiger partial charge in [0.15, 0.2) is 0 Å². The van der Waals surface area contributed by atoms with Gasteiger partial charge in [0.25, 0.3) is 0 Å². The quantitative estimate of drug-likeness (QED) is 0.827. The summed E-state index contributed by atoms with van der Waals surface area (Å²) < 4.78 is 27.3. The number of sulfonamides is 1. The van der Waals surface area contributed by atoms with E-state index in [9.17, 15) is 13.2 Å². The fraction of sp³-hybridized carbons (Fsp3) is 0.588. The van der Waals surface area contributed by atoms with E-state index < -0.39 is 16.0 Å². The molecule has 6 heteroatoms. The summed E-state index contributed by atoms with van der Waals surface area (Å²) in [6.07, 6.45) is 3.44. The predicted octanol–water partition coefficient (Wildman–Crippen LogP) is 3.22. The van der Waals surface area contributed by atoms with Gasteiger partial charge in [-0.15, -0.1) is 0 Å². The first-order valence-corrected chi connectivity index (χ1v) is 9.60. The van der Waals surface area contributed by atoms with Crippen LogP contribution in [0.2, 0.25) is 0 Å². The minimum absolute atomic E-state index is 0.0360. The number of nitrogens with zero attached hydrogens (tertiary/aromatic N) is 1. The highest BCUT2D eigenvalue weighted by atomic mass is 32.2. The number of carbonyl (C=O) groups is 1. The summed E-state index contributed by atoms with van der Waals surface area (Å²) in [5.74, 6) is -0.636. The molecule has 0 unspecified atom stereocenters. The van der Waals surface area contributed by atoms with E-state index in [2.05, 4.69) is 13.8 Å². The topological polar surface area (TPSA) is 74.7 Å². The van der Waals surface area contributed by atoms with Crippen LogP contribution in [0.5, 0.6) is 0 Å².